The van der Waals surface area contributed by atoms with Crippen molar-refractivity contribution >= 4 is 37.8 Å². The summed E-state index contributed by atoms with van der Waals surface area (Å²) in [4.78, 5) is 11.7. The van der Waals surface area contributed by atoms with Crippen molar-refractivity contribution in [2.24, 2.45) is 5.92 Å². The number of esters is 1. The summed E-state index contributed by atoms with van der Waals surface area (Å²) in [5.74, 6) is -0.810. The van der Waals surface area contributed by atoms with Crippen molar-refractivity contribution < 1.29 is 19.7 Å². The van der Waals surface area contributed by atoms with Crippen LogP contribution in [0.25, 0.3) is 0 Å². The Morgan fingerprint density at radius 3 is 2.56 bits per heavy atom. The Morgan fingerprint density at radius 2 is 2.06 bits per heavy atom. The molecule has 102 valence electrons. The highest BCUT2D eigenvalue weighted by Gasteiger charge is 2.23. The van der Waals surface area contributed by atoms with Gasteiger partial charge in [0.1, 0.15) is 14.8 Å². The molecule has 0 radical (unpaired) electrons. The molecule has 0 aromatic carbocycles. The van der Waals surface area contributed by atoms with Crippen molar-refractivity contribution in [3.8, 4) is 0 Å². The summed E-state index contributed by atoms with van der Waals surface area (Å²) in [6.07, 6.45) is 0. The average molecular weight is 386 g/mol. The van der Waals surface area contributed by atoms with Crippen LogP contribution in [0.2, 0.25) is 0 Å². The fourth-order valence-corrected chi connectivity index (χ4v) is 2.71. The molecule has 2 N–H and O–H groups in total. The summed E-state index contributed by atoms with van der Waals surface area (Å²) < 4.78 is 7.22. The van der Waals surface area contributed by atoms with Crippen LogP contribution in [0, 0.1) is 5.92 Å². The molecule has 18 heavy (non-hydrogen) atoms. The van der Waals surface area contributed by atoms with Crippen LogP contribution in [-0.4, -0.2) is 45.8 Å². The topological polar surface area (TPSA) is 84.6 Å². The molecule has 1 aromatic heterocycles. The molecule has 1 rings (SSSR count). The largest absolute Gasteiger partial charge is 0.462 e. The molecule has 0 saturated heterocycles. The molecule has 0 saturated carbocycles. The molecular formula is C10H14Br2N2O4. The highest BCUT2D eigenvalue weighted by molar-refractivity contribution is 9.11. The van der Waals surface area contributed by atoms with Crippen molar-refractivity contribution in [2.75, 3.05) is 19.8 Å². The van der Waals surface area contributed by atoms with Gasteiger partial charge in [0.05, 0.1) is 6.61 Å². The fraction of sp³-hybridized carbons (Fsp3) is 0.600. The number of rotatable bonds is 6. The van der Waals surface area contributed by atoms with Crippen molar-refractivity contribution in [3.05, 3.63) is 14.8 Å². The molecule has 0 atom stereocenters. The Morgan fingerprint density at radius 1 is 1.44 bits per heavy atom. The number of aliphatic hydroxyl groups is 2. The molecule has 1 heterocycles. The fourth-order valence-electron chi connectivity index (χ4n) is 1.32. The summed E-state index contributed by atoms with van der Waals surface area (Å²) in [5, 5.41) is 22.2. The summed E-state index contributed by atoms with van der Waals surface area (Å²) in [5.41, 5.74) is 0.298. The number of aromatic nitrogens is 2. The van der Waals surface area contributed by atoms with Crippen LogP contribution in [0.1, 0.15) is 17.3 Å². The smallest absolute Gasteiger partial charge is 0.343 e. The van der Waals surface area contributed by atoms with E-state index in [9.17, 15) is 4.79 Å². The van der Waals surface area contributed by atoms with E-state index in [0.29, 0.717) is 21.3 Å². The number of carbonyl (C=O) groups is 1. The third-order valence-corrected chi connectivity index (χ3v) is 3.64. The number of carbonyl (C=O) groups excluding carboxylic acids is 1. The number of halogens is 2. The molecule has 8 heteroatoms. The van der Waals surface area contributed by atoms with Gasteiger partial charge >= 0.3 is 5.97 Å². The molecule has 6 nitrogen and oxygen atoms in total. The first kappa shape index (κ1) is 15.6. The van der Waals surface area contributed by atoms with Gasteiger partial charge in [-0.15, -0.1) is 0 Å². The summed E-state index contributed by atoms with van der Waals surface area (Å²) in [6.45, 7) is 1.98. The van der Waals surface area contributed by atoms with Crippen LogP contribution in [0.5, 0.6) is 0 Å². The van der Waals surface area contributed by atoms with E-state index in [0.717, 1.165) is 0 Å². The SMILES string of the molecule is CCOC(=O)c1c(Br)nn(CC(CO)CO)c1Br. The minimum atomic E-state index is -0.480. The maximum Gasteiger partial charge on any atom is 0.343 e. The Kier molecular flexibility index (Phi) is 6.27. The lowest BCUT2D eigenvalue weighted by molar-refractivity contribution is 0.0524. The van der Waals surface area contributed by atoms with E-state index in [1.54, 1.807) is 6.92 Å². The Hall–Kier alpha value is -0.440. The third kappa shape index (κ3) is 3.53. The summed E-state index contributed by atoms with van der Waals surface area (Å²) in [6, 6.07) is 0. The van der Waals surface area contributed by atoms with E-state index in [2.05, 4.69) is 37.0 Å². The Balaban J connectivity index is 2.96. The monoisotopic (exact) mass is 384 g/mol. The predicted octanol–water partition coefficient (Wildman–Crippen LogP) is 1.19. The van der Waals surface area contributed by atoms with Gasteiger partial charge in [-0.3, -0.25) is 4.68 Å². The molecule has 1 aromatic rings. The standard InChI is InChI=1S/C10H14Br2N2O4/c1-2-18-10(17)7-8(11)13-14(9(7)12)3-6(4-15)5-16/h6,15-16H,2-5H2,1H3. The van der Waals surface area contributed by atoms with Crippen molar-refractivity contribution in [3.63, 3.8) is 0 Å². The molecule has 0 spiro atoms. The van der Waals surface area contributed by atoms with E-state index in [4.69, 9.17) is 14.9 Å². The first-order valence-corrected chi connectivity index (χ1v) is 6.94. The van der Waals surface area contributed by atoms with E-state index in [1.165, 1.54) is 4.68 Å². The van der Waals surface area contributed by atoms with Gasteiger partial charge in [0.25, 0.3) is 0 Å². The lowest BCUT2D eigenvalue weighted by Gasteiger charge is -2.11. The first-order valence-electron chi connectivity index (χ1n) is 5.35. The molecule has 0 unspecified atom stereocenters. The van der Waals surface area contributed by atoms with E-state index in [1.807, 2.05) is 0 Å². The number of hydrogen-bond donors (Lipinski definition) is 2. The van der Waals surface area contributed by atoms with Crippen LogP contribution in [-0.2, 0) is 11.3 Å². The summed E-state index contributed by atoms with van der Waals surface area (Å²) >= 11 is 6.45. The Labute approximate surface area is 121 Å². The molecule has 0 aliphatic carbocycles. The van der Waals surface area contributed by atoms with Gasteiger partial charge in [-0.1, -0.05) is 0 Å². The average Bonchev–Trinajstić information content (AvgIpc) is 2.61. The van der Waals surface area contributed by atoms with Gasteiger partial charge in [-0.05, 0) is 38.8 Å². The molecule has 0 bridgehead atoms. The second-order valence-electron chi connectivity index (χ2n) is 3.59. The Bertz CT molecular complexity index is 418. The van der Waals surface area contributed by atoms with E-state index in [-0.39, 0.29) is 25.7 Å². The van der Waals surface area contributed by atoms with Crippen molar-refractivity contribution in [1.29, 1.82) is 0 Å². The number of aliphatic hydroxyl groups excluding tert-OH is 2. The predicted molar refractivity (Wildman–Crippen MR) is 71.2 cm³/mol. The zero-order chi connectivity index (χ0) is 13.7. The molecule has 0 fully saturated rings. The summed E-state index contributed by atoms with van der Waals surface area (Å²) in [7, 11) is 0. The minimum Gasteiger partial charge on any atom is -0.462 e. The number of ether oxygens (including phenoxy) is 1. The third-order valence-electron chi connectivity index (χ3n) is 2.27. The van der Waals surface area contributed by atoms with Crippen molar-refractivity contribution in [1.82, 2.24) is 9.78 Å². The quantitative estimate of drug-likeness (QED) is 0.718. The van der Waals surface area contributed by atoms with Gasteiger partial charge in [-0.2, -0.15) is 5.10 Å². The first-order chi connectivity index (χ1) is 8.54. The van der Waals surface area contributed by atoms with Crippen LogP contribution >= 0.6 is 31.9 Å². The second-order valence-corrected chi connectivity index (χ2v) is 5.09. The van der Waals surface area contributed by atoms with Gasteiger partial charge < -0.3 is 14.9 Å². The maximum atomic E-state index is 11.7. The molecule has 0 amide bonds. The zero-order valence-corrected chi connectivity index (χ0v) is 12.9. The van der Waals surface area contributed by atoms with Gasteiger partial charge in [0, 0.05) is 25.7 Å². The highest BCUT2D eigenvalue weighted by Crippen LogP contribution is 2.26. The molecule has 0 aliphatic rings. The lowest BCUT2D eigenvalue weighted by atomic mass is 10.2. The van der Waals surface area contributed by atoms with Crippen LogP contribution in [0.4, 0.5) is 0 Å². The van der Waals surface area contributed by atoms with Gasteiger partial charge in [0.2, 0.25) is 0 Å². The van der Waals surface area contributed by atoms with Gasteiger partial charge in [0.15, 0.2) is 0 Å². The van der Waals surface area contributed by atoms with E-state index >= 15 is 0 Å². The second kappa shape index (κ2) is 7.22. The molecule has 0 aliphatic heterocycles. The minimum absolute atomic E-state index is 0.158. The zero-order valence-electron chi connectivity index (χ0n) is 9.77. The highest BCUT2D eigenvalue weighted by atomic mass is 79.9. The maximum absolute atomic E-state index is 11.7. The number of nitrogens with zero attached hydrogens (tertiary/aromatic N) is 2. The molecular weight excluding hydrogens is 372 g/mol. The normalized spacial score (nSPS) is 11.0. The number of hydrogen-bond acceptors (Lipinski definition) is 5. The van der Waals surface area contributed by atoms with E-state index < -0.39 is 5.97 Å². The van der Waals surface area contributed by atoms with Gasteiger partial charge in [-0.25, -0.2) is 4.79 Å². The lowest BCUT2D eigenvalue weighted by Crippen LogP contribution is -2.19. The van der Waals surface area contributed by atoms with Crippen LogP contribution < -0.4 is 0 Å². The van der Waals surface area contributed by atoms with Crippen molar-refractivity contribution in [2.45, 2.75) is 13.5 Å². The van der Waals surface area contributed by atoms with Crippen LogP contribution in [0.3, 0.4) is 0 Å². The van der Waals surface area contributed by atoms with Crippen LogP contribution in [0.15, 0.2) is 9.21 Å².